The average Bonchev–Trinajstić information content (AvgIpc) is 2.75. The fourth-order valence-corrected chi connectivity index (χ4v) is 3.03. The van der Waals surface area contributed by atoms with E-state index in [4.69, 9.17) is 4.74 Å². The molecule has 28 heavy (non-hydrogen) atoms. The molecule has 1 amide bonds. The van der Waals surface area contributed by atoms with Crippen molar-refractivity contribution in [1.82, 2.24) is 9.55 Å². The summed E-state index contributed by atoms with van der Waals surface area (Å²) >= 11 is 0. The van der Waals surface area contributed by atoms with Crippen molar-refractivity contribution in [2.45, 2.75) is 0 Å². The number of amides is 1. The van der Waals surface area contributed by atoms with Crippen LogP contribution < -0.4 is 15.6 Å². The minimum absolute atomic E-state index is 0.199. The maximum atomic E-state index is 13.0. The molecule has 4 aromatic rings. The third kappa shape index (κ3) is 3.23. The molecule has 0 aliphatic rings. The van der Waals surface area contributed by atoms with E-state index in [1.54, 1.807) is 86.2 Å². The maximum absolute atomic E-state index is 13.0. The number of hydrogen-bond acceptors (Lipinski definition) is 4. The van der Waals surface area contributed by atoms with Crippen LogP contribution in [0.15, 0.2) is 83.9 Å². The number of anilines is 1. The molecule has 138 valence electrons. The lowest BCUT2D eigenvalue weighted by Crippen LogP contribution is -2.22. The van der Waals surface area contributed by atoms with Crippen molar-refractivity contribution in [3.8, 4) is 11.4 Å². The first kappa shape index (κ1) is 17.5. The van der Waals surface area contributed by atoms with Crippen molar-refractivity contribution in [2.24, 2.45) is 0 Å². The Balaban J connectivity index is 1.86. The maximum Gasteiger partial charge on any atom is 0.262 e. The van der Waals surface area contributed by atoms with Gasteiger partial charge >= 0.3 is 0 Å². The summed E-state index contributed by atoms with van der Waals surface area (Å²) in [6, 6.07) is 19.4. The monoisotopic (exact) mass is 371 g/mol. The largest absolute Gasteiger partial charge is 0.497 e. The lowest BCUT2D eigenvalue weighted by Gasteiger charge is -2.13. The van der Waals surface area contributed by atoms with E-state index in [0.29, 0.717) is 33.6 Å². The molecule has 2 aromatic carbocycles. The number of pyridine rings is 2. The summed E-state index contributed by atoms with van der Waals surface area (Å²) in [5.74, 6) is 0.793. The third-order valence-corrected chi connectivity index (χ3v) is 4.43. The van der Waals surface area contributed by atoms with Crippen molar-refractivity contribution in [3.63, 3.8) is 0 Å². The van der Waals surface area contributed by atoms with Gasteiger partial charge in [0.25, 0.3) is 11.5 Å². The number of aromatic nitrogens is 2. The summed E-state index contributed by atoms with van der Waals surface area (Å²) in [5, 5.41) is 3.83. The van der Waals surface area contributed by atoms with Crippen molar-refractivity contribution in [3.05, 3.63) is 95.0 Å². The number of benzene rings is 2. The van der Waals surface area contributed by atoms with Gasteiger partial charge in [-0.2, -0.15) is 0 Å². The molecule has 0 bridgehead atoms. The third-order valence-electron chi connectivity index (χ3n) is 4.43. The molecule has 0 aliphatic heterocycles. The molecule has 0 aliphatic carbocycles. The van der Waals surface area contributed by atoms with Crippen LogP contribution >= 0.6 is 0 Å². The highest BCUT2D eigenvalue weighted by molar-refractivity contribution is 6.12. The average molecular weight is 371 g/mol. The molecule has 6 nitrogen and oxygen atoms in total. The number of methoxy groups -OCH3 is 1. The lowest BCUT2D eigenvalue weighted by molar-refractivity contribution is 0.102. The van der Waals surface area contributed by atoms with Crippen LogP contribution in [0.4, 0.5) is 5.82 Å². The zero-order valence-electron chi connectivity index (χ0n) is 15.1. The zero-order chi connectivity index (χ0) is 19.5. The molecule has 0 radical (unpaired) electrons. The number of carbonyl (C=O) groups excluding carboxylic acids is 1. The number of nitrogens with zero attached hydrogens (tertiary/aromatic N) is 2. The van der Waals surface area contributed by atoms with Gasteiger partial charge in [-0.1, -0.05) is 24.3 Å². The van der Waals surface area contributed by atoms with Crippen LogP contribution in [0.25, 0.3) is 16.5 Å². The van der Waals surface area contributed by atoms with Crippen LogP contribution in [0.3, 0.4) is 0 Å². The van der Waals surface area contributed by atoms with Gasteiger partial charge in [-0.15, -0.1) is 0 Å². The molecule has 0 fully saturated rings. The normalized spacial score (nSPS) is 10.6. The minimum atomic E-state index is -0.336. The number of ether oxygens (including phenoxy) is 1. The van der Waals surface area contributed by atoms with Gasteiger partial charge in [0, 0.05) is 28.9 Å². The predicted molar refractivity (Wildman–Crippen MR) is 108 cm³/mol. The van der Waals surface area contributed by atoms with Crippen LogP contribution in [0.1, 0.15) is 10.4 Å². The van der Waals surface area contributed by atoms with E-state index in [9.17, 15) is 9.59 Å². The summed E-state index contributed by atoms with van der Waals surface area (Å²) in [7, 11) is 1.58. The Bertz CT molecular complexity index is 1200. The van der Waals surface area contributed by atoms with Gasteiger partial charge in [0.2, 0.25) is 0 Å². The SMILES string of the molecule is COc1ccc(-n2cc(C(=O)Nc3ccccn3)c3ccccc3c2=O)cc1. The van der Waals surface area contributed by atoms with Crippen LogP contribution in [0.2, 0.25) is 0 Å². The second kappa shape index (κ2) is 7.36. The van der Waals surface area contributed by atoms with E-state index in [-0.39, 0.29) is 11.5 Å². The van der Waals surface area contributed by atoms with Crippen molar-refractivity contribution in [1.29, 1.82) is 0 Å². The Morgan fingerprint density at radius 2 is 1.68 bits per heavy atom. The van der Waals surface area contributed by atoms with E-state index < -0.39 is 0 Å². The van der Waals surface area contributed by atoms with Gasteiger partial charge in [-0.05, 0) is 42.5 Å². The Kier molecular flexibility index (Phi) is 4.60. The highest BCUT2D eigenvalue weighted by Crippen LogP contribution is 2.20. The Hall–Kier alpha value is -3.93. The number of rotatable bonds is 4. The first-order chi connectivity index (χ1) is 13.7. The van der Waals surface area contributed by atoms with E-state index in [1.165, 1.54) is 4.57 Å². The molecule has 2 aromatic heterocycles. The van der Waals surface area contributed by atoms with Gasteiger partial charge in [-0.3, -0.25) is 14.2 Å². The van der Waals surface area contributed by atoms with Crippen molar-refractivity contribution >= 4 is 22.5 Å². The Morgan fingerprint density at radius 1 is 0.964 bits per heavy atom. The molecule has 0 spiro atoms. The first-order valence-electron chi connectivity index (χ1n) is 8.68. The molecular formula is C22H17N3O3. The van der Waals surface area contributed by atoms with Gasteiger partial charge < -0.3 is 10.1 Å². The second-order valence-electron chi connectivity index (χ2n) is 6.13. The van der Waals surface area contributed by atoms with Gasteiger partial charge in [0.05, 0.1) is 12.7 Å². The quantitative estimate of drug-likeness (QED) is 0.594. The smallest absolute Gasteiger partial charge is 0.262 e. The fourth-order valence-electron chi connectivity index (χ4n) is 3.03. The fraction of sp³-hybridized carbons (Fsp3) is 0.0455. The van der Waals surface area contributed by atoms with Crippen LogP contribution in [0, 0.1) is 0 Å². The molecule has 1 N–H and O–H groups in total. The van der Waals surface area contributed by atoms with Crippen LogP contribution in [-0.2, 0) is 0 Å². The standard InChI is InChI=1S/C22H17N3O3/c1-28-16-11-9-15(10-12-16)25-14-19(17-6-2-3-7-18(17)22(25)27)21(26)24-20-8-4-5-13-23-20/h2-14H,1H3,(H,23,24,26). The first-order valence-corrected chi connectivity index (χ1v) is 8.68. The van der Waals surface area contributed by atoms with Gasteiger partial charge in [0.1, 0.15) is 11.6 Å². The van der Waals surface area contributed by atoms with Gasteiger partial charge in [-0.25, -0.2) is 4.98 Å². The molecule has 0 saturated heterocycles. The zero-order valence-corrected chi connectivity index (χ0v) is 15.1. The summed E-state index contributed by atoms with van der Waals surface area (Å²) < 4.78 is 6.64. The Morgan fingerprint density at radius 3 is 2.36 bits per heavy atom. The summed E-state index contributed by atoms with van der Waals surface area (Å²) in [5.41, 5.74) is 0.829. The van der Waals surface area contributed by atoms with E-state index >= 15 is 0 Å². The highest BCUT2D eigenvalue weighted by atomic mass is 16.5. The molecule has 2 heterocycles. The molecular weight excluding hydrogens is 354 g/mol. The number of nitrogens with one attached hydrogen (secondary N) is 1. The lowest BCUT2D eigenvalue weighted by atomic mass is 10.1. The summed E-state index contributed by atoms with van der Waals surface area (Å²) in [6.45, 7) is 0. The van der Waals surface area contributed by atoms with Crippen LogP contribution in [-0.4, -0.2) is 22.6 Å². The predicted octanol–water partition coefficient (Wildman–Crippen LogP) is 3.65. The minimum Gasteiger partial charge on any atom is -0.497 e. The number of carbonyl (C=O) groups is 1. The van der Waals surface area contributed by atoms with E-state index in [0.717, 1.165) is 0 Å². The van der Waals surface area contributed by atoms with Crippen LogP contribution in [0.5, 0.6) is 5.75 Å². The summed E-state index contributed by atoms with van der Waals surface area (Å²) in [6.07, 6.45) is 3.16. The number of fused-ring (bicyclic) bond motifs is 1. The van der Waals surface area contributed by atoms with Crippen molar-refractivity contribution in [2.75, 3.05) is 12.4 Å². The number of hydrogen-bond donors (Lipinski definition) is 1. The molecule has 4 rings (SSSR count). The second-order valence-corrected chi connectivity index (χ2v) is 6.13. The van der Waals surface area contributed by atoms with Crippen molar-refractivity contribution < 1.29 is 9.53 Å². The van der Waals surface area contributed by atoms with E-state index in [2.05, 4.69) is 10.3 Å². The topological polar surface area (TPSA) is 73.2 Å². The highest BCUT2D eigenvalue weighted by Gasteiger charge is 2.16. The molecule has 0 unspecified atom stereocenters. The molecule has 0 atom stereocenters. The van der Waals surface area contributed by atoms with E-state index in [1.807, 2.05) is 0 Å². The summed E-state index contributed by atoms with van der Waals surface area (Å²) in [4.78, 5) is 30.1. The Labute approximate surface area is 161 Å². The molecule has 0 saturated carbocycles. The molecule has 6 heteroatoms. The van der Waals surface area contributed by atoms with Gasteiger partial charge in [0.15, 0.2) is 0 Å².